The second-order valence-corrected chi connectivity index (χ2v) is 4.86. The van der Waals surface area contributed by atoms with E-state index < -0.39 is 0 Å². The Labute approximate surface area is 127 Å². The summed E-state index contributed by atoms with van der Waals surface area (Å²) in [4.78, 5) is 21.3. The van der Waals surface area contributed by atoms with E-state index in [1.807, 2.05) is 36.4 Å². The zero-order valence-corrected chi connectivity index (χ0v) is 12.2. The number of hydrogen-bond donors (Lipinski definition) is 0. The molecule has 0 fully saturated rings. The molecule has 2 heterocycles. The van der Waals surface area contributed by atoms with Crippen molar-refractivity contribution in [2.45, 2.75) is 6.92 Å². The quantitative estimate of drug-likeness (QED) is 0.725. The van der Waals surface area contributed by atoms with Gasteiger partial charge in [0.05, 0.1) is 5.69 Å². The number of benzene rings is 1. The number of fused-ring (bicyclic) bond motifs is 1. The van der Waals surface area contributed by atoms with Crippen LogP contribution >= 0.6 is 0 Å². The van der Waals surface area contributed by atoms with Crippen LogP contribution in [0.15, 0.2) is 42.9 Å². The van der Waals surface area contributed by atoms with Gasteiger partial charge in [-0.25, -0.2) is 9.97 Å². The molecule has 0 aliphatic rings. The van der Waals surface area contributed by atoms with Gasteiger partial charge in [-0.15, -0.1) is 0 Å². The number of nitriles is 1. The van der Waals surface area contributed by atoms with Gasteiger partial charge < -0.3 is 4.90 Å². The summed E-state index contributed by atoms with van der Waals surface area (Å²) in [5.41, 5.74) is 3.39. The van der Waals surface area contributed by atoms with Crippen molar-refractivity contribution < 1.29 is 4.79 Å². The highest BCUT2D eigenvalue weighted by atomic mass is 16.2. The normalized spacial score (nSPS) is 10.4. The zero-order chi connectivity index (χ0) is 15.7. The number of aromatic nitrogens is 3. The van der Waals surface area contributed by atoms with Crippen LogP contribution in [0.2, 0.25) is 0 Å². The Morgan fingerprint density at radius 1 is 1.32 bits per heavy atom. The van der Waals surface area contributed by atoms with E-state index >= 15 is 0 Å². The minimum Gasteiger partial charge on any atom is -0.316 e. The number of carbonyl (C=O) groups excluding carboxylic acids is 1. The first-order valence-corrected chi connectivity index (χ1v) is 6.68. The number of carbonyl (C=O) groups is 1. The Hall–Kier alpha value is -3.20. The molecule has 0 saturated heterocycles. The molecule has 0 aliphatic carbocycles. The van der Waals surface area contributed by atoms with Gasteiger partial charge in [0.15, 0.2) is 11.3 Å². The fourth-order valence-electron chi connectivity index (χ4n) is 2.27. The maximum Gasteiger partial charge on any atom is 0.223 e. The molecule has 0 N–H and O–H groups in total. The van der Waals surface area contributed by atoms with E-state index in [-0.39, 0.29) is 5.91 Å². The van der Waals surface area contributed by atoms with Crippen LogP contribution in [0.25, 0.3) is 16.9 Å². The first kappa shape index (κ1) is 13.8. The van der Waals surface area contributed by atoms with Crippen LogP contribution < -0.4 is 4.90 Å². The summed E-state index contributed by atoms with van der Waals surface area (Å²) in [6.45, 7) is 1.52. The predicted octanol–water partition coefficient (Wildman–Crippen LogP) is 2.25. The van der Waals surface area contributed by atoms with Crippen LogP contribution in [0.3, 0.4) is 0 Å². The van der Waals surface area contributed by atoms with Crippen LogP contribution in [-0.4, -0.2) is 27.3 Å². The van der Waals surface area contributed by atoms with Crippen molar-refractivity contribution in [3.8, 4) is 17.3 Å². The smallest absolute Gasteiger partial charge is 0.223 e. The van der Waals surface area contributed by atoms with Crippen LogP contribution in [0.5, 0.6) is 0 Å². The van der Waals surface area contributed by atoms with Gasteiger partial charge >= 0.3 is 0 Å². The van der Waals surface area contributed by atoms with Crippen molar-refractivity contribution in [1.29, 1.82) is 5.26 Å². The van der Waals surface area contributed by atoms with Gasteiger partial charge in [0, 0.05) is 31.4 Å². The third-order valence-electron chi connectivity index (χ3n) is 3.54. The van der Waals surface area contributed by atoms with E-state index in [1.165, 1.54) is 6.92 Å². The van der Waals surface area contributed by atoms with E-state index in [0.29, 0.717) is 11.3 Å². The van der Waals surface area contributed by atoms with Gasteiger partial charge in [-0.2, -0.15) is 5.26 Å². The molecule has 3 aromatic rings. The van der Waals surface area contributed by atoms with E-state index in [9.17, 15) is 4.79 Å². The molecule has 0 atom stereocenters. The molecular weight excluding hydrogens is 278 g/mol. The number of rotatable bonds is 2. The van der Waals surface area contributed by atoms with Crippen molar-refractivity contribution in [3.05, 3.63) is 48.5 Å². The summed E-state index contributed by atoms with van der Waals surface area (Å²) in [7, 11) is 1.73. The largest absolute Gasteiger partial charge is 0.316 e. The second kappa shape index (κ2) is 5.30. The first-order chi connectivity index (χ1) is 10.6. The topological polar surface area (TPSA) is 74.3 Å². The van der Waals surface area contributed by atoms with E-state index in [2.05, 4.69) is 9.97 Å². The molecule has 0 spiro atoms. The molecule has 108 valence electrons. The van der Waals surface area contributed by atoms with Gasteiger partial charge in [0.2, 0.25) is 5.91 Å². The lowest BCUT2D eigenvalue weighted by Crippen LogP contribution is -2.22. The Morgan fingerprint density at radius 3 is 2.86 bits per heavy atom. The minimum absolute atomic E-state index is 0.0357. The zero-order valence-electron chi connectivity index (χ0n) is 12.2. The summed E-state index contributed by atoms with van der Waals surface area (Å²) in [6, 6.07) is 11.5. The molecule has 2 aromatic heterocycles. The SMILES string of the molecule is CC(=O)N(C)c1cccc(-c2ccnc3c(C#N)ncn23)c1. The van der Waals surface area contributed by atoms with Gasteiger partial charge in [-0.3, -0.25) is 9.20 Å². The van der Waals surface area contributed by atoms with Crippen molar-refractivity contribution in [2.75, 3.05) is 11.9 Å². The summed E-state index contributed by atoms with van der Waals surface area (Å²) in [6.07, 6.45) is 3.23. The van der Waals surface area contributed by atoms with E-state index in [0.717, 1.165) is 16.9 Å². The number of nitrogens with zero attached hydrogens (tertiary/aromatic N) is 5. The molecule has 0 radical (unpaired) electrons. The van der Waals surface area contributed by atoms with Crippen LogP contribution in [0.1, 0.15) is 12.6 Å². The Kier molecular flexibility index (Phi) is 3.31. The fraction of sp³-hybridized carbons (Fsp3) is 0.125. The number of anilines is 1. The minimum atomic E-state index is -0.0357. The number of imidazole rings is 1. The van der Waals surface area contributed by atoms with E-state index in [1.54, 1.807) is 28.9 Å². The Bertz CT molecular complexity index is 906. The number of amides is 1. The average molecular weight is 291 g/mol. The van der Waals surface area contributed by atoms with Gasteiger partial charge in [0.25, 0.3) is 0 Å². The molecule has 0 unspecified atom stereocenters. The highest BCUT2D eigenvalue weighted by molar-refractivity contribution is 5.91. The molecule has 0 aliphatic heterocycles. The molecule has 1 aromatic carbocycles. The lowest BCUT2D eigenvalue weighted by molar-refractivity contribution is -0.116. The molecule has 3 rings (SSSR count). The standard InChI is InChI=1S/C16H13N5O/c1-11(22)20(2)13-5-3-4-12(8-13)15-6-7-18-16-14(9-17)19-10-21(15)16/h3-8,10H,1-2H3. The lowest BCUT2D eigenvalue weighted by Gasteiger charge is -2.16. The molecular formula is C16H13N5O. The number of hydrogen-bond acceptors (Lipinski definition) is 4. The summed E-state index contributed by atoms with van der Waals surface area (Å²) < 4.78 is 1.77. The van der Waals surface area contributed by atoms with Gasteiger partial charge in [-0.05, 0) is 18.2 Å². The van der Waals surface area contributed by atoms with Crippen LogP contribution in [0, 0.1) is 11.3 Å². The maximum atomic E-state index is 11.5. The average Bonchev–Trinajstić information content (AvgIpc) is 2.97. The van der Waals surface area contributed by atoms with Crippen molar-refractivity contribution in [2.24, 2.45) is 0 Å². The predicted molar refractivity (Wildman–Crippen MR) is 82.2 cm³/mol. The molecule has 0 bridgehead atoms. The van der Waals surface area contributed by atoms with Crippen molar-refractivity contribution in [3.63, 3.8) is 0 Å². The maximum absolute atomic E-state index is 11.5. The van der Waals surface area contributed by atoms with Gasteiger partial charge in [0.1, 0.15) is 12.4 Å². The highest BCUT2D eigenvalue weighted by Crippen LogP contribution is 2.25. The molecule has 22 heavy (non-hydrogen) atoms. The summed E-state index contributed by atoms with van der Waals surface area (Å²) in [5, 5.41) is 9.05. The molecule has 6 heteroatoms. The Morgan fingerprint density at radius 2 is 2.14 bits per heavy atom. The van der Waals surface area contributed by atoms with Crippen molar-refractivity contribution >= 4 is 17.2 Å². The third-order valence-corrected chi connectivity index (χ3v) is 3.54. The lowest BCUT2D eigenvalue weighted by atomic mass is 10.1. The molecule has 1 amide bonds. The van der Waals surface area contributed by atoms with Crippen molar-refractivity contribution in [1.82, 2.24) is 14.4 Å². The Balaban J connectivity index is 2.16. The van der Waals surface area contributed by atoms with Crippen LogP contribution in [-0.2, 0) is 4.79 Å². The van der Waals surface area contributed by atoms with E-state index in [4.69, 9.17) is 5.26 Å². The monoisotopic (exact) mass is 291 g/mol. The second-order valence-electron chi connectivity index (χ2n) is 4.86. The highest BCUT2D eigenvalue weighted by Gasteiger charge is 2.11. The molecule has 6 nitrogen and oxygen atoms in total. The third kappa shape index (κ3) is 2.19. The fourth-order valence-corrected chi connectivity index (χ4v) is 2.27. The molecule has 0 saturated carbocycles. The summed E-state index contributed by atoms with van der Waals surface area (Å²) in [5.74, 6) is -0.0357. The van der Waals surface area contributed by atoms with Gasteiger partial charge in [-0.1, -0.05) is 12.1 Å². The first-order valence-electron chi connectivity index (χ1n) is 6.68. The summed E-state index contributed by atoms with van der Waals surface area (Å²) >= 11 is 0. The van der Waals surface area contributed by atoms with Crippen LogP contribution in [0.4, 0.5) is 5.69 Å².